The molecule has 4 nitrogen and oxygen atoms in total. The van der Waals surface area contributed by atoms with Gasteiger partial charge in [0, 0.05) is 15.1 Å². The summed E-state index contributed by atoms with van der Waals surface area (Å²) in [5, 5.41) is 5.37. The molecule has 3 rings (SSSR count). The van der Waals surface area contributed by atoms with E-state index in [9.17, 15) is 0 Å². The second kappa shape index (κ2) is 6.54. The lowest BCUT2D eigenvalue weighted by Gasteiger charge is -2.07. The first-order valence-electron chi connectivity index (χ1n) is 6.07. The van der Waals surface area contributed by atoms with Crippen LogP contribution in [0.5, 0.6) is 11.5 Å². The molecule has 2 aromatic rings. The van der Waals surface area contributed by atoms with Gasteiger partial charge in [-0.25, -0.2) is 0 Å². The summed E-state index contributed by atoms with van der Waals surface area (Å²) in [6.07, 6.45) is 1.62. The molecular formula is C14H8BrCl3N2O2. The number of hydrogen-bond acceptors (Lipinski definition) is 4. The molecule has 8 heteroatoms. The van der Waals surface area contributed by atoms with Gasteiger partial charge in [0.1, 0.15) is 0 Å². The summed E-state index contributed by atoms with van der Waals surface area (Å²) in [4.78, 5) is 0. The fourth-order valence-corrected chi connectivity index (χ4v) is 3.17. The molecule has 1 N–H and O–H groups in total. The third-order valence-corrected chi connectivity index (χ3v) is 4.38. The van der Waals surface area contributed by atoms with Crippen LogP contribution in [0.3, 0.4) is 0 Å². The molecule has 0 aromatic heterocycles. The number of rotatable bonds is 3. The minimum Gasteiger partial charge on any atom is -0.454 e. The van der Waals surface area contributed by atoms with Crippen LogP contribution in [-0.2, 0) is 0 Å². The summed E-state index contributed by atoms with van der Waals surface area (Å²) < 4.78 is 11.4. The SMILES string of the molecule is Clc1cc(Cl)c(N/N=C/c2cc3c(cc2Br)OCO3)c(Cl)c1. The Morgan fingerprint density at radius 3 is 2.36 bits per heavy atom. The smallest absolute Gasteiger partial charge is 0.231 e. The fraction of sp³-hybridized carbons (Fsp3) is 0.0714. The van der Waals surface area contributed by atoms with Gasteiger partial charge in [0.05, 0.1) is 21.9 Å². The van der Waals surface area contributed by atoms with Crippen LogP contribution in [0.25, 0.3) is 0 Å². The summed E-state index contributed by atoms with van der Waals surface area (Å²) in [6, 6.07) is 6.82. The molecule has 0 spiro atoms. The number of benzene rings is 2. The predicted molar refractivity (Wildman–Crippen MR) is 93.0 cm³/mol. The molecule has 0 bridgehead atoms. The minimum absolute atomic E-state index is 0.219. The zero-order valence-corrected chi connectivity index (χ0v) is 14.7. The molecule has 1 aliphatic heterocycles. The molecule has 0 saturated carbocycles. The Bertz CT molecular complexity index is 745. The maximum atomic E-state index is 6.07. The predicted octanol–water partition coefficient (Wildman–Crippen LogP) is 5.58. The number of anilines is 1. The van der Waals surface area contributed by atoms with Crippen LogP contribution in [0, 0.1) is 0 Å². The first-order valence-corrected chi connectivity index (χ1v) is 8.00. The number of fused-ring (bicyclic) bond motifs is 1. The lowest BCUT2D eigenvalue weighted by atomic mass is 10.2. The van der Waals surface area contributed by atoms with Crippen molar-refractivity contribution in [3.05, 3.63) is 49.4 Å². The van der Waals surface area contributed by atoms with Crippen molar-refractivity contribution in [1.82, 2.24) is 0 Å². The van der Waals surface area contributed by atoms with Gasteiger partial charge < -0.3 is 9.47 Å². The van der Waals surface area contributed by atoms with E-state index in [0.29, 0.717) is 32.3 Å². The molecule has 0 saturated heterocycles. The average Bonchev–Trinajstić information content (AvgIpc) is 2.88. The summed E-state index contributed by atoms with van der Waals surface area (Å²) in [7, 11) is 0. The number of halogens is 4. The van der Waals surface area contributed by atoms with Crippen LogP contribution in [0.4, 0.5) is 5.69 Å². The van der Waals surface area contributed by atoms with Gasteiger partial charge in [-0.1, -0.05) is 34.8 Å². The number of nitrogens with zero attached hydrogens (tertiary/aromatic N) is 1. The first-order chi connectivity index (χ1) is 10.5. The van der Waals surface area contributed by atoms with Gasteiger partial charge in [0.25, 0.3) is 0 Å². The monoisotopic (exact) mass is 420 g/mol. The quantitative estimate of drug-likeness (QED) is 0.518. The van der Waals surface area contributed by atoms with Crippen molar-refractivity contribution in [2.45, 2.75) is 0 Å². The van der Waals surface area contributed by atoms with E-state index in [4.69, 9.17) is 44.3 Å². The van der Waals surface area contributed by atoms with Crippen LogP contribution in [-0.4, -0.2) is 13.0 Å². The van der Waals surface area contributed by atoms with Crippen molar-refractivity contribution in [3.63, 3.8) is 0 Å². The molecule has 0 aliphatic carbocycles. The molecule has 114 valence electrons. The third-order valence-electron chi connectivity index (χ3n) is 2.88. The molecule has 1 aliphatic rings. The highest BCUT2D eigenvalue weighted by atomic mass is 79.9. The highest BCUT2D eigenvalue weighted by Gasteiger charge is 2.15. The molecular weight excluding hydrogens is 414 g/mol. The largest absolute Gasteiger partial charge is 0.454 e. The highest BCUT2D eigenvalue weighted by Crippen LogP contribution is 2.36. The topological polar surface area (TPSA) is 42.9 Å². The van der Waals surface area contributed by atoms with Crippen LogP contribution in [0.15, 0.2) is 33.8 Å². The van der Waals surface area contributed by atoms with Crippen LogP contribution >= 0.6 is 50.7 Å². The Balaban J connectivity index is 1.81. The molecule has 2 aromatic carbocycles. The van der Waals surface area contributed by atoms with E-state index in [0.717, 1.165) is 10.0 Å². The second-order valence-corrected chi connectivity index (χ2v) is 6.45. The van der Waals surface area contributed by atoms with Gasteiger partial charge in [0.15, 0.2) is 11.5 Å². The van der Waals surface area contributed by atoms with Crippen molar-refractivity contribution in [2.75, 3.05) is 12.2 Å². The summed E-state index contributed by atoms with van der Waals surface area (Å²) in [5.41, 5.74) is 4.11. The lowest BCUT2D eigenvalue weighted by Crippen LogP contribution is -1.94. The van der Waals surface area contributed by atoms with Crippen molar-refractivity contribution in [1.29, 1.82) is 0 Å². The van der Waals surface area contributed by atoms with Crippen molar-refractivity contribution >= 4 is 62.6 Å². The van der Waals surface area contributed by atoms with E-state index in [-0.39, 0.29) is 6.79 Å². The molecule has 1 heterocycles. The van der Waals surface area contributed by atoms with Gasteiger partial charge in [-0.05, 0) is 40.2 Å². The van der Waals surface area contributed by atoms with Gasteiger partial charge in [0.2, 0.25) is 6.79 Å². The van der Waals surface area contributed by atoms with E-state index in [1.54, 1.807) is 18.3 Å². The maximum absolute atomic E-state index is 6.07. The Morgan fingerprint density at radius 1 is 1.05 bits per heavy atom. The highest BCUT2D eigenvalue weighted by molar-refractivity contribution is 9.10. The van der Waals surface area contributed by atoms with Gasteiger partial charge in [-0.3, -0.25) is 5.43 Å². The number of nitrogens with one attached hydrogen (secondary N) is 1. The van der Waals surface area contributed by atoms with E-state index >= 15 is 0 Å². The molecule has 0 unspecified atom stereocenters. The van der Waals surface area contributed by atoms with Crippen molar-refractivity contribution in [3.8, 4) is 11.5 Å². The normalized spacial score (nSPS) is 12.9. The van der Waals surface area contributed by atoms with Crippen LogP contribution in [0.1, 0.15) is 5.56 Å². The molecule has 22 heavy (non-hydrogen) atoms. The number of ether oxygens (including phenoxy) is 2. The third kappa shape index (κ3) is 3.27. The maximum Gasteiger partial charge on any atom is 0.231 e. The standard InChI is InChI=1S/C14H8BrCl3N2O2/c15-9-4-13-12(21-6-22-13)1-7(9)5-19-20-14-10(17)2-8(16)3-11(14)18/h1-5,20H,6H2/b19-5+. The number of hydrogen-bond donors (Lipinski definition) is 1. The summed E-state index contributed by atoms with van der Waals surface area (Å²) in [6.45, 7) is 0.219. The van der Waals surface area contributed by atoms with Crippen molar-refractivity contribution < 1.29 is 9.47 Å². The molecule has 0 fully saturated rings. The Morgan fingerprint density at radius 2 is 1.68 bits per heavy atom. The molecule has 0 radical (unpaired) electrons. The number of hydrazone groups is 1. The summed E-state index contributed by atoms with van der Waals surface area (Å²) in [5.74, 6) is 1.37. The van der Waals surface area contributed by atoms with Gasteiger partial charge >= 0.3 is 0 Å². The van der Waals surface area contributed by atoms with Crippen LogP contribution < -0.4 is 14.9 Å². The summed E-state index contributed by atoms with van der Waals surface area (Å²) >= 11 is 21.5. The first kappa shape index (κ1) is 15.7. The van der Waals surface area contributed by atoms with E-state index in [2.05, 4.69) is 26.5 Å². The lowest BCUT2D eigenvalue weighted by molar-refractivity contribution is 0.174. The van der Waals surface area contributed by atoms with E-state index in [1.165, 1.54) is 0 Å². The Kier molecular flexibility index (Phi) is 4.68. The Hall–Kier alpha value is -1.14. The molecule has 0 amide bonds. The zero-order chi connectivity index (χ0) is 15.7. The fourth-order valence-electron chi connectivity index (χ4n) is 1.85. The van der Waals surface area contributed by atoms with E-state index < -0.39 is 0 Å². The van der Waals surface area contributed by atoms with Gasteiger partial charge in [-0.2, -0.15) is 5.10 Å². The minimum atomic E-state index is 0.219. The zero-order valence-electron chi connectivity index (χ0n) is 10.9. The van der Waals surface area contributed by atoms with Crippen molar-refractivity contribution in [2.24, 2.45) is 5.10 Å². The van der Waals surface area contributed by atoms with Crippen LogP contribution in [0.2, 0.25) is 15.1 Å². The van der Waals surface area contributed by atoms with Gasteiger partial charge in [-0.15, -0.1) is 0 Å². The molecule has 0 atom stereocenters. The Labute approximate surface area is 150 Å². The van der Waals surface area contributed by atoms with E-state index in [1.807, 2.05) is 12.1 Å². The average molecular weight is 422 g/mol. The second-order valence-electron chi connectivity index (χ2n) is 4.34.